The molecule has 1 aromatic carbocycles. The Labute approximate surface area is 94.0 Å². The summed E-state index contributed by atoms with van der Waals surface area (Å²) in [4.78, 5) is 11.3. The van der Waals surface area contributed by atoms with Crippen LogP contribution in [0.2, 0.25) is 0 Å². The number of benzene rings is 1. The quantitative estimate of drug-likeness (QED) is 0.667. The van der Waals surface area contributed by atoms with Crippen LogP contribution in [0.1, 0.15) is 12.8 Å². The van der Waals surface area contributed by atoms with Crippen LogP contribution in [0, 0.1) is 5.82 Å². The van der Waals surface area contributed by atoms with Crippen molar-refractivity contribution in [3.05, 3.63) is 30.1 Å². The molecule has 0 fully saturated rings. The molecule has 5 heteroatoms. The Balaban J connectivity index is 2.29. The smallest absolute Gasteiger partial charge is 0.319 e. The van der Waals surface area contributed by atoms with Crippen molar-refractivity contribution in [1.82, 2.24) is 5.32 Å². The molecule has 0 aromatic heterocycles. The van der Waals surface area contributed by atoms with Crippen molar-refractivity contribution in [3.8, 4) is 0 Å². The van der Waals surface area contributed by atoms with Gasteiger partial charge in [0.1, 0.15) is 5.82 Å². The van der Waals surface area contributed by atoms with E-state index in [1.807, 2.05) is 0 Å². The summed E-state index contributed by atoms with van der Waals surface area (Å²) in [7, 11) is 0. The first kappa shape index (κ1) is 12.4. The van der Waals surface area contributed by atoms with Gasteiger partial charge in [-0.25, -0.2) is 9.18 Å². The summed E-state index contributed by atoms with van der Waals surface area (Å²) < 4.78 is 12.8. The molecular formula is C11H16FN3O. The molecule has 0 spiro atoms. The maximum absolute atomic E-state index is 12.8. The molecule has 0 saturated heterocycles. The van der Waals surface area contributed by atoms with Gasteiger partial charge in [0.2, 0.25) is 0 Å². The Bertz CT molecular complexity index is 344. The molecule has 0 bridgehead atoms. The van der Waals surface area contributed by atoms with Crippen molar-refractivity contribution in [2.24, 2.45) is 5.73 Å². The van der Waals surface area contributed by atoms with E-state index in [1.54, 1.807) is 12.1 Å². The van der Waals surface area contributed by atoms with E-state index in [9.17, 15) is 9.18 Å². The number of carbonyl (C=O) groups excluding carboxylic acids is 1. The zero-order valence-electron chi connectivity index (χ0n) is 9.00. The third-order valence-electron chi connectivity index (χ3n) is 2.00. The number of rotatable bonds is 5. The maximum Gasteiger partial charge on any atom is 0.319 e. The summed E-state index contributed by atoms with van der Waals surface area (Å²) in [5.74, 6) is -0.374. The molecule has 4 N–H and O–H groups in total. The normalized spacial score (nSPS) is 9.88. The molecule has 2 amide bonds. The largest absolute Gasteiger partial charge is 0.338 e. The third-order valence-corrected chi connectivity index (χ3v) is 2.00. The molecule has 1 rings (SSSR count). The highest BCUT2D eigenvalue weighted by Crippen LogP contribution is 2.08. The van der Waals surface area contributed by atoms with Gasteiger partial charge in [0.15, 0.2) is 0 Å². The second-order valence-corrected chi connectivity index (χ2v) is 3.39. The van der Waals surface area contributed by atoms with Gasteiger partial charge in [-0.3, -0.25) is 0 Å². The van der Waals surface area contributed by atoms with Crippen molar-refractivity contribution in [2.45, 2.75) is 12.8 Å². The highest BCUT2D eigenvalue weighted by atomic mass is 19.1. The van der Waals surface area contributed by atoms with Gasteiger partial charge in [0.05, 0.1) is 0 Å². The van der Waals surface area contributed by atoms with Crippen LogP contribution in [0.5, 0.6) is 0 Å². The highest BCUT2D eigenvalue weighted by molar-refractivity contribution is 5.89. The number of nitrogens with one attached hydrogen (secondary N) is 2. The van der Waals surface area contributed by atoms with E-state index in [2.05, 4.69) is 10.6 Å². The van der Waals surface area contributed by atoms with Crippen molar-refractivity contribution < 1.29 is 9.18 Å². The molecule has 0 saturated carbocycles. The van der Waals surface area contributed by atoms with Crippen LogP contribution in [-0.2, 0) is 0 Å². The van der Waals surface area contributed by atoms with E-state index in [4.69, 9.17) is 5.73 Å². The number of carbonyl (C=O) groups is 1. The van der Waals surface area contributed by atoms with Gasteiger partial charge in [-0.15, -0.1) is 0 Å². The van der Waals surface area contributed by atoms with Gasteiger partial charge in [0.25, 0.3) is 0 Å². The van der Waals surface area contributed by atoms with Crippen molar-refractivity contribution in [2.75, 3.05) is 18.4 Å². The van der Waals surface area contributed by atoms with Crippen LogP contribution in [0.3, 0.4) is 0 Å². The average molecular weight is 225 g/mol. The Morgan fingerprint density at radius 2 is 2.19 bits per heavy atom. The predicted molar refractivity (Wildman–Crippen MR) is 61.7 cm³/mol. The van der Waals surface area contributed by atoms with Crippen LogP contribution >= 0.6 is 0 Å². The van der Waals surface area contributed by atoms with Crippen LogP contribution < -0.4 is 16.4 Å². The molecule has 0 aliphatic carbocycles. The molecule has 1 aromatic rings. The molecule has 0 aliphatic rings. The third kappa shape index (κ3) is 4.75. The Hall–Kier alpha value is -1.62. The van der Waals surface area contributed by atoms with Gasteiger partial charge < -0.3 is 16.4 Å². The Kier molecular flexibility index (Phi) is 5.28. The summed E-state index contributed by atoms with van der Waals surface area (Å²) in [6.45, 7) is 1.19. The lowest BCUT2D eigenvalue weighted by Crippen LogP contribution is -2.29. The van der Waals surface area contributed by atoms with E-state index < -0.39 is 0 Å². The van der Waals surface area contributed by atoms with E-state index in [0.717, 1.165) is 12.8 Å². The molecule has 16 heavy (non-hydrogen) atoms. The fourth-order valence-electron chi connectivity index (χ4n) is 1.21. The minimum atomic E-state index is -0.374. The molecule has 0 heterocycles. The number of hydrogen-bond donors (Lipinski definition) is 3. The van der Waals surface area contributed by atoms with Crippen LogP contribution in [0.15, 0.2) is 24.3 Å². The standard InChI is InChI=1S/C11H16FN3O/c12-9-4-3-5-10(8-9)15-11(16)14-7-2-1-6-13/h3-5,8H,1-2,6-7,13H2,(H2,14,15,16). The first-order valence-corrected chi connectivity index (χ1v) is 5.23. The number of unbranched alkanes of at least 4 members (excludes halogenated alkanes) is 1. The van der Waals surface area contributed by atoms with Gasteiger partial charge in [-0.05, 0) is 37.6 Å². The zero-order valence-corrected chi connectivity index (χ0v) is 9.00. The summed E-state index contributed by atoms with van der Waals surface area (Å²) in [6, 6.07) is 5.42. The van der Waals surface area contributed by atoms with E-state index in [-0.39, 0.29) is 11.8 Å². The van der Waals surface area contributed by atoms with Crippen LogP contribution in [0.4, 0.5) is 14.9 Å². The van der Waals surface area contributed by atoms with Crippen molar-refractivity contribution in [1.29, 1.82) is 0 Å². The number of amides is 2. The van der Waals surface area contributed by atoms with E-state index >= 15 is 0 Å². The monoisotopic (exact) mass is 225 g/mol. The topological polar surface area (TPSA) is 67.1 Å². The van der Waals surface area contributed by atoms with Gasteiger partial charge in [-0.1, -0.05) is 6.07 Å². The molecule has 0 atom stereocenters. The molecule has 0 aliphatic heterocycles. The summed E-state index contributed by atoms with van der Waals surface area (Å²) in [5.41, 5.74) is 5.76. The lowest BCUT2D eigenvalue weighted by molar-refractivity contribution is 0.252. The Morgan fingerprint density at radius 1 is 1.38 bits per heavy atom. The van der Waals surface area contributed by atoms with Crippen molar-refractivity contribution in [3.63, 3.8) is 0 Å². The van der Waals surface area contributed by atoms with Crippen LogP contribution in [0.25, 0.3) is 0 Å². The van der Waals surface area contributed by atoms with Crippen LogP contribution in [-0.4, -0.2) is 19.1 Å². The number of hydrogen-bond acceptors (Lipinski definition) is 2. The fraction of sp³-hybridized carbons (Fsp3) is 0.364. The minimum Gasteiger partial charge on any atom is -0.338 e. The first-order valence-electron chi connectivity index (χ1n) is 5.23. The first-order chi connectivity index (χ1) is 7.72. The second kappa shape index (κ2) is 6.79. The molecule has 0 radical (unpaired) electrons. The molecule has 88 valence electrons. The fourth-order valence-corrected chi connectivity index (χ4v) is 1.21. The minimum absolute atomic E-state index is 0.331. The van der Waals surface area contributed by atoms with Crippen molar-refractivity contribution >= 4 is 11.7 Å². The summed E-state index contributed by atoms with van der Waals surface area (Å²) in [6.07, 6.45) is 1.72. The lowest BCUT2D eigenvalue weighted by atomic mass is 10.3. The zero-order chi connectivity index (χ0) is 11.8. The number of nitrogens with two attached hydrogens (primary N) is 1. The molecule has 0 unspecified atom stereocenters. The SMILES string of the molecule is NCCCCNC(=O)Nc1cccc(F)c1. The molecular weight excluding hydrogens is 209 g/mol. The predicted octanol–water partition coefficient (Wildman–Crippen LogP) is 1.69. The number of anilines is 1. The van der Waals surface area contributed by atoms with Gasteiger partial charge in [0, 0.05) is 12.2 Å². The highest BCUT2D eigenvalue weighted by Gasteiger charge is 2.00. The maximum atomic E-state index is 12.8. The number of urea groups is 1. The van der Waals surface area contributed by atoms with E-state index in [1.165, 1.54) is 12.1 Å². The summed E-state index contributed by atoms with van der Waals surface area (Å²) >= 11 is 0. The van der Waals surface area contributed by atoms with E-state index in [0.29, 0.717) is 18.8 Å². The van der Waals surface area contributed by atoms with Gasteiger partial charge in [-0.2, -0.15) is 0 Å². The lowest BCUT2D eigenvalue weighted by Gasteiger charge is -2.07. The number of halogens is 1. The average Bonchev–Trinajstić information content (AvgIpc) is 2.24. The van der Waals surface area contributed by atoms with Gasteiger partial charge >= 0.3 is 6.03 Å². The summed E-state index contributed by atoms with van der Waals surface area (Å²) in [5, 5.41) is 5.20. The molecule has 4 nitrogen and oxygen atoms in total. The second-order valence-electron chi connectivity index (χ2n) is 3.39. The Morgan fingerprint density at radius 3 is 2.88 bits per heavy atom.